The van der Waals surface area contributed by atoms with Gasteiger partial charge >= 0.3 is 0 Å². The third-order valence-corrected chi connectivity index (χ3v) is 5.65. The fourth-order valence-corrected chi connectivity index (χ4v) is 3.80. The molecule has 1 aromatic carbocycles. The number of nitro groups is 1. The number of nitrogens with one attached hydrogen (secondary N) is 2. The number of rotatable bonds is 6. The van der Waals surface area contributed by atoms with E-state index >= 15 is 0 Å². The van der Waals surface area contributed by atoms with Gasteiger partial charge in [-0.25, -0.2) is 0 Å². The number of carbonyl (C=O) groups is 1. The molecule has 0 radical (unpaired) electrons. The summed E-state index contributed by atoms with van der Waals surface area (Å²) in [6, 6.07) is 4.48. The first-order valence-electron chi connectivity index (χ1n) is 9.82. The lowest BCUT2D eigenvalue weighted by atomic mass is 9.88. The van der Waals surface area contributed by atoms with Gasteiger partial charge < -0.3 is 15.7 Å². The summed E-state index contributed by atoms with van der Waals surface area (Å²) < 4.78 is 0. The highest BCUT2D eigenvalue weighted by Gasteiger charge is 2.29. The molecule has 0 spiro atoms. The van der Waals surface area contributed by atoms with E-state index in [-0.39, 0.29) is 29.3 Å². The number of nitrogens with zero attached hydrogens (tertiary/aromatic N) is 1. The molecule has 0 unspecified atom stereocenters. The topological polar surface area (TPSA) is 104 Å². The van der Waals surface area contributed by atoms with Crippen molar-refractivity contribution in [2.45, 2.75) is 63.1 Å². The van der Waals surface area contributed by atoms with E-state index in [0.717, 1.165) is 19.3 Å². The third kappa shape index (κ3) is 4.59. The summed E-state index contributed by atoms with van der Waals surface area (Å²) in [5.74, 6) is -0.330. The number of nitro benzene ring substituents is 1. The Morgan fingerprint density at radius 3 is 2.64 bits per heavy atom. The van der Waals surface area contributed by atoms with E-state index in [2.05, 4.69) is 10.6 Å². The monoisotopic (exact) mass is 385 g/mol. The molecule has 3 N–H and O–H groups in total. The van der Waals surface area contributed by atoms with Crippen molar-refractivity contribution in [1.29, 1.82) is 0 Å². The SMILES string of the molecule is CC[C@@]1(NC(=O)c2cc([N+](=O)[O-])ccc2N[C@H]2CC[C@@H](O)CC2)C=CC=CC1. The van der Waals surface area contributed by atoms with Crippen LogP contribution in [0.4, 0.5) is 11.4 Å². The van der Waals surface area contributed by atoms with Crippen LogP contribution in [0.25, 0.3) is 0 Å². The Balaban J connectivity index is 1.85. The summed E-state index contributed by atoms with van der Waals surface area (Å²) in [5, 5.41) is 27.3. The van der Waals surface area contributed by atoms with Crippen molar-refractivity contribution in [3.8, 4) is 0 Å². The lowest BCUT2D eigenvalue weighted by molar-refractivity contribution is -0.384. The average Bonchev–Trinajstić information content (AvgIpc) is 2.70. The van der Waals surface area contributed by atoms with Gasteiger partial charge in [-0.3, -0.25) is 14.9 Å². The number of hydrogen-bond donors (Lipinski definition) is 3. The predicted octanol–water partition coefficient (Wildman–Crippen LogP) is 3.70. The maximum atomic E-state index is 13.1. The molecule has 3 rings (SSSR count). The molecule has 1 amide bonds. The van der Waals surface area contributed by atoms with Crippen LogP contribution < -0.4 is 10.6 Å². The van der Waals surface area contributed by atoms with E-state index in [1.54, 1.807) is 6.07 Å². The van der Waals surface area contributed by atoms with Crippen molar-refractivity contribution in [3.05, 3.63) is 58.2 Å². The molecule has 0 saturated heterocycles. The number of benzene rings is 1. The van der Waals surface area contributed by atoms with Crippen LogP contribution in [-0.4, -0.2) is 33.6 Å². The Labute approximate surface area is 164 Å². The molecule has 1 fully saturated rings. The first kappa shape index (κ1) is 20.1. The molecule has 0 bridgehead atoms. The fourth-order valence-electron chi connectivity index (χ4n) is 3.80. The molecule has 2 aliphatic rings. The molecule has 0 aromatic heterocycles. The Kier molecular flexibility index (Phi) is 6.14. The van der Waals surface area contributed by atoms with Gasteiger partial charge in [0.15, 0.2) is 0 Å². The molecule has 150 valence electrons. The molecule has 2 aliphatic carbocycles. The van der Waals surface area contributed by atoms with E-state index in [9.17, 15) is 20.0 Å². The number of aliphatic hydroxyl groups excluding tert-OH is 1. The van der Waals surface area contributed by atoms with Crippen molar-refractivity contribution >= 4 is 17.3 Å². The zero-order chi connectivity index (χ0) is 20.1. The quantitative estimate of drug-likeness (QED) is 0.511. The van der Waals surface area contributed by atoms with Gasteiger partial charge in [0, 0.05) is 23.9 Å². The van der Waals surface area contributed by atoms with Crippen LogP contribution in [0.15, 0.2) is 42.5 Å². The molecule has 7 heteroatoms. The van der Waals surface area contributed by atoms with Crippen molar-refractivity contribution in [3.63, 3.8) is 0 Å². The normalized spacial score (nSPS) is 26.6. The number of amides is 1. The van der Waals surface area contributed by atoms with Gasteiger partial charge in [-0.05, 0) is 44.6 Å². The zero-order valence-corrected chi connectivity index (χ0v) is 16.1. The van der Waals surface area contributed by atoms with Crippen LogP contribution in [0, 0.1) is 10.1 Å². The lowest BCUT2D eigenvalue weighted by Crippen LogP contribution is -2.47. The summed E-state index contributed by atoms with van der Waals surface area (Å²) in [6.07, 6.45) is 12.0. The van der Waals surface area contributed by atoms with Crippen molar-refractivity contribution in [2.24, 2.45) is 0 Å². The minimum Gasteiger partial charge on any atom is -0.393 e. The second-order valence-electron chi connectivity index (χ2n) is 7.59. The van der Waals surface area contributed by atoms with Crippen molar-refractivity contribution < 1.29 is 14.8 Å². The smallest absolute Gasteiger partial charge is 0.270 e. The van der Waals surface area contributed by atoms with Gasteiger partial charge in [-0.1, -0.05) is 31.2 Å². The summed E-state index contributed by atoms with van der Waals surface area (Å²) >= 11 is 0. The minimum absolute atomic E-state index is 0.112. The first-order valence-corrected chi connectivity index (χ1v) is 9.82. The van der Waals surface area contributed by atoms with Crippen LogP contribution in [0.3, 0.4) is 0 Å². The Bertz CT molecular complexity index is 797. The molecule has 1 atom stereocenters. The third-order valence-electron chi connectivity index (χ3n) is 5.65. The average molecular weight is 385 g/mol. The van der Waals surface area contributed by atoms with Crippen molar-refractivity contribution in [2.75, 3.05) is 5.32 Å². The van der Waals surface area contributed by atoms with Gasteiger partial charge in [-0.2, -0.15) is 0 Å². The molecule has 0 aliphatic heterocycles. The Morgan fingerprint density at radius 2 is 2.04 bits per heavy atom. The summed E-state index contributed by atoms with van der Waals surface area (Å²) in [7, 11) is 0. The second kappa shape index (κ2) is 8.56. The van der Waals surface area contributed by atoms with Gasteiger partial charge in [0.1, 0.15) is 0 Å². The number of carbonyl (C=O) groups excluding carboxylic acids is 1. The molecule has 1 saturated carbocycles. The first-order chi connectivity index (χ1) is 13.4. The molecular weight excluding hydrogens is 358 g/mol. The van der Waals surface area contributed by atoms with E-state index in [4.69, 9.17) is 0 Å². The standard InChI is InChI=1S/C21H27N3O4/c1-2-21(12-4-3-5-13-21)23-20(26)18-14-16(24(27)28)8-11-19(18)22-15-6-9-17(25)10-7-15/h3-5,8,11-12,14-15,17,22,25H,2,6-7,9-10,13H2,1H3,(H,23,26)/t15-,17+,21-/m1/s1. The van der Waals surface area contributed by atoms with Crippen molar-refractivity contribution in [1.82, 2.24) is 5.32 Å². The Morgan fingerprint density at radius 1 is 1.29 bits per heavy atom. The molecule has 7 nitrogen and oxygen atoms in total. The molecular formula is C21H27N3O4. The molecule has 28 heavy (non-hydrogen) atoms. The van der Waals surface area contributed by atoms with Gasteiger partial charge in [0.05, 0.1) is 22.1 Å². The fraction of sp³-hybridized carbons (Fsp3) is 0.476. The van der Waals surface area contributed by atoms with Gasteiger partial charge in [0.25, 0.3) is 11.6 Å². The number of hydrogen-bond acceptors (Lipinski definition) is 5. The molecule has 0 heterocycles. The van der Waals surface area contributed by atoms with E-state index in [1.165, 1.54) is 12.1 Å². The predicted molar refractivity (Wildman–Crippen MR) is 108 cm³/mol. The van der Waals surface area contributed by atoms with E-state index < -0.39 is 10.5 Å². The number of aliphatic hydroxyl groups is 1. The zero-order valence-electron chi connectivity index (χ0n) is 16.1. The number of non-ortho nitro benzene ring substituents is 1. The van der Waals surface area contributed by atoms with Crippen LogP contribution in [0.1, 0.15) is 55.8 Å². The minimum atomic E-state index is -0.490. The van der Waals surface area contributed by atoms with Crippen LogP contribution in [0.5, 0.6) is 0 Å². The summed E-state index contributed by atoms with van der Waals surface area (Å²) in [4.78, 5) is 23.8. The highest BCUT2D eigenvalue weighted by molar-refractivity contribution is 6.01. The maximum absolute atomic E-state index is 13.1. The van der Waals surface area contributed by atoms with E-state index in [0.29, 0.717) is 24.9 Å². The largest absolute Gasteiger partial charge is 0.393 e. The molecule has 1 aromatic rings. The van der Waals surface area contributed by atoms with Crippen LogP contribution in [-0.2, 0) is 0 Å². The maximum Gasteiger partial charge on any atom is 0.270 e. The summed E-state index contributed by atoms with van der Waals surface area (Å²) in [6.45, 7) is 2.00. The Hall–Kier alpha value is -2.67. The number of anilines is 1. The van der Waals surface area contributed by atoms with Gasteiger partial charge in [0.2, 0.25) is 0 Å². The second-order valence-corrected chi connectivity index (χ2v) is 7.59. The lowest BCUT2D eigenvalue weighted by Gasteiger charge is -2.32. The number of allylic oxidation sites excluding steroid dienone is 2. The van der Waals surface area contributed by atoms with E-state index in [1.807, 2.05) is 31.2 Å². The summed E-state index contributed by atoms with van der Waals surface area (Å²) in [5.41, 5.74) is 0.268. The highest BCUT2D eigenvalue weighted by Crippen LogP contribution is 2.29. The van der Waals surface area contributed by atoms with Gasteiger partial charge in [-0.15, -0.1) is 0 Å². The van der Waals surface area contributed by atoms with Crippen LogP contribution >= 0.6 is 0 Å². The highest BCUT2D eigenvalue weighted by atomic mass is 16.6. The van der Waals surface area contributed by atoms with Crippen LogP contribution in [0.2, 0.25) is 0 Å².